The number of carbonyl (C=O) groups is 1. The predicted octanol–water partition coefficient (Wildman–Crippen LogP) is 1.65. The van der Waals surface area contributed by atoms with Crippen LogP contribution in [0, 0.1) is 6.92 Å². The fourth-order valence-electron chi connectivity index (χ4n) is 2.33. The summed E-state index contributed by atoms with van der Waals surface area (Å²) in [4.78, 5) is 12.5. The first-order chi connectivity index (χ1) is 9.15. The van der Waals surface area contributed by atoms with Crippen molar-refractivity contribution < 1.29 is 4.79 Å². The minimum absolute atomic E-state index is 0.00166. The van der Waals surface area contributed by atoms with Crippen molar-refractivity contribution >= 4 is 5.91 Å². The van der Waals surface area contributed by atoms with Gasteiger partial charge in [-0.1, -0.05) is 30.3 Å². The highest BCUT2D eigenvalue weighted by atomic mass is 16.2. The zero-order valence-electron chi connectivity index (χ0n) is 11.1. The standard InChI is InChI=1S/C14H16N4O/c1-11-8-13-14(19)18(16(2)10-17(13)15-11)9-12-6-4-3-5-7-12/h3-8H,9-10H2,1-2H3. The Balaban J connectivity index is 1.89. The topological polar surface area (TPSA) is 41.4 Å². The Hall–Kier alpha value is -2.14. The van der Waals surface area contributed by atoms with Crippen LogP contribution in [0.2, 0.25) is 0 Å². The van der Waals surface area contributed by atoms with Crippen molar-refractivity contribution in [1.29, 1.82) is 0 Å². The lowest BCUT2D eigenvalue weighted by molar-refractivity contribution is -0.0336. The highest BCUT2D eigenvalue weighted by molar-refractivity contribution is 5.92. The van der Waals surface area contributed by atoms with Crippen molar-refractivity contribution in [2.75, 3.05) is 7.05 Å². The molecule has 0 saturated heterocycles. The fraction of sp³-hybridized carbons (Fsp3) is 0.286. The fourth-order valence-corrected chi connectivity index (χ4v) is 2.33. The predicted molar refractivity (Wildman–Crippen MR) is 71.0 cm³/mol. The van der Waals surface area contributed by atoms with Gasteiger partial charge in [-0.3, -0.25) is 9.80 Å². The molecule has 3 rings (SSSR count). The van der Waals surface area contributed by atoms with Crippen LogP contribution in [0.4, 0.5) is 0 Å². The zero-order valence-corrected chi connectivity index (χ0v) is 11.1. The number of nitrogens with zero attached hydrogens (tertiary/aromatic N) is 4. The molecule has 1 aliphatic rings. The molecular formula is C14H16N4O. The summed E-state index contributed by atoms with van der Waals surface area (Å²) >= 11 is 0. The summed E-state index contributed by atoms with van der Waals surface area (Å²) in [6.07, 6.45) is 0. The number of hydrogen-bond donors (Lipinski definition) is 0. The van der Waals surface area contributed by atoms with E-state index in [1.54, 1.807) is 9.69 Å². The normalized spacial score (nSPS) is 15.7. The summed E-state index contributed by atoms with van der Waals surface area (Å²) in [5.41, 5.74) is 2.65. The molecule has 19 heavy (non-hydrogen) atoms. The molecular weight excluding hydrogens is 240 g/mol. The number of aryl methyl sites for hydroxylation is 1. The smallest absolute Gasteiger partial charge is 0.266 e. The minimum Gasteiger partial charge on any atom is -0.266 e. The molecule has 0 fully saturated rings. The van der Waals surface area contributed by atoms with Crippen LogP contribution in [0.5, 0.6) is 0 Å². The average Bonchev–Trinajstić information content (AvgIpc) is 2.76. The van der Waals surface area contributed by atoms with E-state index in [1.165, 1.54) is 0 Å². The van der Waals surface area contributed by atoms with Crippen molar-refractivity contribution in [1.82, 2.24) is 19.8 Å². The number of carbonyl (C=O) groups excluding carboxylic acids is 1. The Kier molecular flexibility index (Phi) is 2.83. The van der Waals surface area contributed by atoms with Crippen molar-refractivity contribution in [3.63, 3.8) is 0 Å². The largest absolute Gasteiger partial charge is 0.286 e. The maximum Gasteiger partial charge on any atom is 0.286 e. The monoisotopic (exact) mass is 256 g/mol. The quantitative estimate of drug-likeness (QED) is 0.820. The number of hydrazine groups is 1. The van der Waals surface area contributed by atoms with Crippen molar-refractivity contribution in [3.8, 4) is 0 Å². The van der Waals surface area contributed by atoms with Crippen LogP contribution in [-0.4, -0.2) is 32.8 Å². The lowest BCUT2D eigenvalue weighted by atomic mass is 10.2. The summed E-state index contributed by atoms with van der Waals surface area (Å²) in [5.74, 6) is -0.00166. The average molecular weight is 256 g/mol. The maximum atomic E-state index is 12.5. The number of fused-ring (bicyclic) bond motifs is 1. The molecule has 2 heterocycles. The Bertz CT molecular complexity index is 605. The molecule has 1 aromatic heterocycles. The lowest BCUT2D eigenvalue weighted by Crippen LogP contribution is -2.49. The van der Waals surface area contributed by atoms with Crippen LogP contribution in [-0.2, 0) is 13.2 Å². The Labute approximate surface area is 112 Å². The van der Waals surface area contributed by atoms with Gasteiger partial charge in [0.05, 0.1) is 12.2 Å². The molecule has 0 N–H and O–H groups in total. The van der Waals surface area contributed by atoms with Crippen LogP contribution >= 0.6 is 0 Å². The van der Waals surface area contributed by atoms with Crippen LogP contribution in [0.1, 0.15) is 21.7 Å². The zero-order chi connectivity index (χ0) is 13.4. The Morgan fingerprint density at radius 3 is 2.74 bits per heavy atom. The molecule has 0 radical (unpaired) electrons. The number of rotatable bonds is 2. The molecule has 0 saturated carbocycles. The molecule has 2 aromatic rings. The summed E-state index contributed by atoms with van der Waals surface area (Å²) in [6, 6.07) is 11.8. The molecule has 1 aliphatic heterocycles. The summed E-state index contributed by atoms with van der Waals surface area (Å²) in [5, 5.41) is 7.97. The molecule has 0 unspecified atom stereocenters. The third-order valence-electron chi connectivity index (χ3n) is 3.28. The van der Waals surface area contributed by atoms with Gasteiger partial charge in [0.1, 0.15) is 12.4 Å². The summed E-state index contributed by atoms with van der Waals surface area (Å²) < 4.78 is 1.75. The maximum absolute atomic E-state index is 12.5. The van der Waals surface area contributed by atoms with E-state index in [1.807, 2.05) is 55.4 Å². The Morgan fingerprint density at radius 1 is 1.26 bits per heavy atom. The van der Waals surface area contributed by atoms with Crippen LogP contribution in [0.15, 0.2) is 36.4 Å². The second-order valence-corrected chi connectivity index (χ2v) is 4.82. The van der Waals surface area contributed by atoms with Crippen molar-refractivity contribution in [3.05, 3.63) is 53.3 Å². The van der Waals surface area contributed by atoms with Crippen LogP contribution < -0.4 is 0 Å². The number of hydrogen-bond acceptors (Lipinski definition) is 3. The van der Waals surface area contributed by atoms with Crippen LogP contribution in [0.3, 0.4) is 0 Å². The summed E-state index contributed by atoms with van der Waals surface area (Å²) in [7, 11) is 1.90. The molecule has 0 aliphatic carbocycles. The van der Waals surface area contributed by atoms with Gasteiger partial charge in [0.15, 0.2) is 0 Å². The van der Waals surface area contributed by atoms with Gasteiger partial charge in [-0.05, 0) is 18.6 Å². The van der Waals surface area contributed by atoms with Gasteiger partial charge in [-0.15, -0.1) is 0 Å². The molecule has 98 valence electrons. The number of aromatic nitrogens is 2. The first kappa shape index (κ1) is 11.9. The second-order valence-electron chi connectivity index (χ2n) is 4.82. The molecule has 1 aromatic carbocycles. The van der Waals surface area contributed by atoms with Gasteiger partial charge in [0.25, 0.3) is 5.91 Å². The lowest BCUT2D eigenvalue weighted by Gasteiger charge is -2.35. The van der Waals surface area contributed by atoms with Crippen molar-refractivity contribution in [2.24, 2.45) is 0 Å². The number of amides is 1. The molecule has 0 atom stereocenters. The highest BCUT2D eigenvalue weighted by Crippen LogP contribution is 2.18. The summed E-state index contributed by atoms with van der Waals surface area (Å²) in [6.45, 7) is 3.09. The van der Waals surface area contributed by atoms with Gasteiger partial charge in [-0.2, -0.15) is 10.1 Å². The molecule has 0 spiro atoms. The van der Waals surface area contributed by atoms with Gasteiger partial charge < -0.3 is 0 Å². The van der Waals surface area contributed by atoms with E-state index in [0.717, 1.165) is 11.3 Å². The second kappa shape index (κ2) is 4.51. The Morgan fingerprint density at radius 2 is 2.00 bits per heavy atom. The number of benzene rings is 1. The molecule has 5 heteroatoms. The van der Waals surface area contributed by atoms with Crippen LogP contribution in [0.25, 0.3) is 0 Å². The van der Waals surface area contributed by atoms with Crippen molar-refractivity contribution in [2.45, 2.75) is 20.1 Å². The van der Waals surface area contributed by atoms with Gasteiger partial charge in [0.2, 0.25) is 0 Å². The molecule has 5 nitrogen and oxygen atoms in total. The van der Waals surface area contributed by atoms with E-state index in [4.69, 9.17) is 0 Å². The van der Waals surface area contributed by atoms with Gasteiger partial charge >= 0.3 is 0 Å². The van der Waals surface area contributed by atoms with E-state index in [2.05, 4.69) is 5.10 Å². The first-order valence-corrected chi connectivity index (χ1v) is 6.26. The highest BCUT2D eigenvalue weighted by Gasteiger charge is 2.29. The minimum atomic E-state index is -0.00166. The third kappa shape index (κ3) is 2.13. The third-order valence-corrected chi connectivity index (χ3v) is 3.28. The molecule has 1 amide bonds. The first-order valence-electron chi connectivity index (χ1n) is 6.26. The molecule has 0 bridgehead atoms. The van der Waals surface area contributed by atoms with E-state index in [0.29, 0.717) is 18.9 Å². The van der Waals surface area contributed by atoms with E-state index in [9.17, 15) is 4.79 Å². The SMILES string of the molecule is Cc1cc2n(n1)CN(C)N(Cc1ccccc1)C2=O. The van der Waals surface area contributed by atoms with E-state index >= 15 is 0 Å². The van der Waals surface area contributed by atoms with Gasteiger partial charge in [-0.25, -0.2) is 4.68 Å². The van der Waals surface area contributed by atoms with E-state index in [-0.39, 0.29) is 5.91 Å². The van der Waals surface area contributed by atoms with Gasteiger partial charge in [0, 0.05) is 7.05 Å². The van der Waals surface area contributed by atoms with E-state index < -0.39 is 0 Å².